The average Bonchev–Trinajstić information content (AvgIpc) is 3.22. The lowest BCUT2D eigenvalue weighted by molar-refractivity contribution is -0.157. The van der Waals surface area contributed by atoms with Gasteiger partial charge < -0.3 is 9.64 Å². The average molecular weight is 435 g/mol. The highest BCUT2D eigenvalue weighted by molar-refractivity contribution is 7.93. The van der Waals surface area contributed by atoms with Crippen LogP contribution in [0.1, 0.15) is 23.9 Å². The molecule has 0 spiro atoms. The largest absolute Gasteiger partial charge is 0.378 e. The van der Waals surface area contributed by atoms with E-state index in [1.165, 1.54) is 18.3 Å². The molecule has 1 saturated heterocycles. The minimum Gasteiger partial charge on any atom is -0.378 e. The van der Waals surface area contributed by atoms with Crippen LogP contribution in [-0.2, 0) is 38.1 Å². The minimum atomic E-state index is -3.79. The zero-order valence-corrected chi connectivity index (χ0v) is 17.3. The third kappa shape index (κ3) is 3.00. The molecule has 1 amide bonds. The summed E-state index contributed by atoms with van der Waals surface area (Å²) in [5, 5.41) is 4.62. The summed E-state index contributed by atoms with van der Waals surface area (Å²) in [6, 6.07) is 3.41. The number of rotatable bonds is 5. The van der Waals surface area contributed by atoms with Gasteiger partial charge in [0.2, 0.25) is 5.91 Å². The normalized spacial score (nSPS) is 18.3. The number of halogens is 1. The van der Waals surface area contributed by atoms with Crippen molar-refractivity contribution >= 4 is 27.5 Å². The summed E-state index contributed by atoms with van der Waals surface area (Å²) < 4.78 is 31.5. The predicted molar refractivity (Wildman–Crippen MR) is 106 cm³/mol. The molecule has 0 unspecified atom stereocenters. The molecule has 152 valence electrons. The third-order valence-electron chi connectivity index (χ3n) is 5.19. The number of nitrogens with zero attached hydrogens (tertiary/aromatic N) is 4. The zero-order chi connectivity index (χ0) is 20.8. The lowest BCUT2D eigenvalue weighted by atomic mass is 9.80. The Kier molecular flexibility index (Phi) is 4.84. The highest BCUT2D eigenvalue weighted by Crippen LogP contribution is 2.39. The first kappa shape index (κ1) is 19.8. The van der Waals surface area contributed by atoms with E-state index in [2.05, 4.69) is 16.7 Å². The molecule has 0 radical (unpaired) electrons. The molecule has 0 bridgehead atoms. The summed E-state index contributed by atoms with van der Waals surface area (Å²) in [5.74, 6) is -0.156. The summed E-state index contributed by atoms with van der Waals surface area (Å²) in [7, 11) is -3.79. The standard InChI is InChI=1S/C19H19ClN4O4S/c1-3-14(4-2)29(26,27)24-9-13-8-23(10-16(13)22-24)18(25)19(11-28-12-19)17-15(20)6-5-7-21-17/h3-7,9H,1,8,10-12H2,2H3/b14-4+. The van der Waals surface area contributed by atoms with E-state index < -0.39 is 15.4 Å². The van der Waals surface area contributed by atoms with Gasteiger partial charge in [0.25, 0.3) is 10.0 Å². The van der Waals surface area contributed by atoms with Crippen LogP contribution < -0.4 is 0 Å². The van der Waals surface area contributed by atoms with Crippen molar-refractivity contribution in [2.45, 2.75) is 25.4 Å². The summed E-state index contributed by atoms with van der Waals surface area (Å²) in [4.78, 5) is 19.3. The highest BCUT2D eigenvalue weighted by Gasteiger charge is 2.52. The molecular weight excluding hydrogens is 416 g/mol. The van der Waals surface area contributed by atoms with Gasteiger partial charge in [0.1, 0.15) is 5.41 Å². The maximum absolute atomic E-state index is 13.3. The number of aromatic nitrogens is 3. The number of allylic oxidation sites excluding steroid dienone is 2. The first-order valence-electron chi connectivity index (χ1n) is 8.93. The first-order chi connectivity index (χ1) is 13.8. The molecule has 2 aromatic rings. The van der Waals surface area contributed by atoms with Gasteiger partial charge in [-0.15, -0.1) is 0 Å². The van der Waals surface area contributed by atoms with E-state index in [1.807, 2.05) is 0 Å². The SMILES string of the molecule is C=C/C(=C\C)S(=O)(=O)n1cc2c(n1)CN(C(=O)C1(c3ncccc3Cl)COC1)C2. The Morgan fingerprint density at radius 2 is 2.14 bits per heavy atom. The summed E-state index contributed by atoms with van der Waals surface area (Å²) in [6.07, 6.45) is 5.78. The fraction of sp³-hybridized carbons (Fsp3) is 0.316. The van der Waals surface area contributed by atoms with Crippen molar-refractivity contribution < 1.29 is 17.9 Å². The van der Waals surface area contributed by atoms with Gasteiger partial charge in [-0.2, -0.15) is 17.6 Å². The van der Waals surface area contributed by atoms with Gasteiger partial charge in [-0.25, -0.2) is 0 Å². The quantitative estimate of drug-likeness (QED) is 0.668. The predicted octanol–water partition coefficient (Wildman–Crippen LogP) is 2.01. The number of ether oxygens (including phenoxy) is 1. The summed E-state index contributed by atoms with van der Waals surface area (Å²) >= 11 is 6.28. The van der Waals surface area contributed by atoms with Gasteiger partial charge in [-0.05, 0) is 25.1 Å². The van der Waals surface area contributed by atoms with Crippen molar-refractivity contribution in [2.75, 3.05) is 13.2 Å². The van der Waals surface area contributed by atoms with E-state index in [0.717, 1.165) is 4.09 Å². The molecule has 1 fully saturated rings. The van der Waals surface area contributed by atoms with Crippen LogP contribution in [0.5, 0.6) is 0 Å². The second-order valence-corrected chi connectivity index (χ2v) is 9.15. The molecule has 2 aliphatic heterocycles. The van der Waals surface area contributed by atoms with Gasteiger partial charge in [0, 0.05) is 24.5 Å². The molecule has 0 saturated carbocycles. The molecule has 29 heavy (non-hydrogen) atoms. The van der Waals surface area contributed by atoms with Gasteiger partial charge in [0.05, 0.1) is 41.1 Å². The molecule has 8 nitrogen and oxygen atoms in total. The lowest BCUT2D eigenvalue weighted by Crippen LogP contribution is -2.58. The Hall–Kier alpha value is -2.49. The number of carbonyl (C=O) groups is 1. The Labute approximate surface area is 173 Å². The molecule has 4 rings (SSSR count). The van der Waals surface area contributed by atoms with Crippen molar-refractivity contribution in [3.8, 4) is 0 Å². The number of hydrogen-bond acceptors (Lipinski definition) is 6. The number of amides is 1. The van der Waals surface area contributed by atoms with Gasteiger partial charge >= 0.3 is 0 Å². The van der Waals surface area contributed by atoms with E-state index in [1.54, 1.807) is 30.2 Å². The minimum absolute atomic E-state index is 0.0713. The lowest BCUT2D eigenvalue weighted by Gasteiger charge is -2.41. The van der Waals surface area contributed by atoms with Gasteiger partial charge in [-0.1, -0.05) is 24.3 Å². The fourth-order valence-corrected chi connectivity index (χ4v) is 5.08. The van der Waals surface area contributed by atoms with Crippen LogP contribution in [0.4, 0.5) is 0 Å². The molecule has 0 atom stereocenters. The number of fused-ring (bicyclic) bond motifs is 1. The van der Waals surface area contributed by atoms with E-state index in [-0.39, 0.29) is 37.1 Å². The zero-order valence-electron chi connectivity index (χ0n) is 15.7. The molecule has 2 aromatic heterocycles. The molecule has 10 heteroatoms. The van der Waals surface area contributed by atoms with E-state index >= 15 is 0 Å². The van der Waals surface area contributed by atoms with Crippen molar-refractivity contribution in [1.29, 1.82) is 0 Å². The Morgan fingerprint density at radius 1 is 1.38 bits per heavy atom. The fourth-order valence-electron chi connectivity index (χ4n) is 3.58. The molecule has 0 aliphatic carbocycles. The maximum atomic E-state index is 13.3. The van der Waals surface area contributed by atoms with Crippen molar-refractivity contribution in [3.63, 3.8) is 0 Å². The van der Waals surface area contributed by atoms with Crippen molar-refractivity contribution in [3.05, 3.63) is 70.1 Å². The second kappa shape index (κ2) is 7.08. The van der Waals surface area contributed by atoms with E-state index in [9.17, 15) is 13.2 Å². The van der Waals surface area contributed by atoms with Crippen molar-refractivity contribution in [2.24, 2.45) is 0 Å². The molecule has 4 heterocycles. The topological polar surface area (TPSA) is 94.4 Å². The van der Waals surface area contributed by atoms with E-state index in [4.69, 9.17) is 16.3 Å². The van der Waals surface area contributed by atoms with Crippen LogP contribution in [0.25, 0.3) is 0 Å². The van der Waals surface area contributed by atoms with Crippen molar-refractivity contribution in [1.82, 2.24) is 19.1 Å². The van der Waals surface area contributed by atoms with E-state index in [0.29, 0.717) is 22.0 Å². The van der Waals surface area contributed by atoms with Gasteiger partial charge in [0.15, 0.2) is 0 Å². The Balaban J connectivity index is 1.59. The summed E-state index contributed by atoms with van der Waals surface area (Å²) in [6.45, 7) is 6.03. The molecule has 0 aromatic carbocycles. The molecule has 0 N–H and O–H groups in total. The summed E-state index contributed by atoms with van der Waals surface area (Å²) in [5.41, 5.74) is 0.803. The first-order valence-corrected chi connectivity index (χ1v) is 10.7. The highest BCUT2D eigenvalue weighted by atomic mass is 35.5. The van der Waals surface area contributed by atoms with Crippen LogP contribution in [0.15, 0.2) is 48.2 Å². The smallest absolute Gasteiger partial charge is 0.282 e. The monoisotopic (exact) mass is 434 g/mol. The number of pyridine rings is 1. The Bertz CT molecular complexity index is 1110. The molecular formula is C19H19ClN4O4S. The Morgan fingerprint density at radius 3 is 2.69 bits per heavy atom. The molecule has 2 aliphatic rings. The van der Waals surface area contributed by atoms with Crippen LogP contribution in [0.3, 0.4) is 0 Å². The number of carbonyl (C=O) groups excluding carboxylic acids is 1. The maximum Gasteiger partial charge on any atom is 0.282 e. The van der Waals surface area contributed by atoms with Gasteiger partial charge in [-0.3, -0.25) is 9.78 Å². The second-order valence-electron chi connectivity index (χ2n) is 6.94. The number of hydrogen-bond donors (Lipinski definition) is 0. The van der Waals surface area contributed by atoms with Crippen LogP contribution in [0.2, 0.25) is 5.02 Å². The van der Waals surface area contributed by atoms with Crippen LogP contribution in [-0.4, -0.2) is 46.6 Å². The van der Waals surface area contributed by atoms with Crippen LogP contribution >= 0.6 is 11.6 Å². The third-order valence-corrected chi connectivity index (χ3v) is 7.18. The van der Waals surface area contributed by atoms with Crippen LogP contribution in [0, 0.1) is 0 Å².